The third-order valence-electron chi connectivity index (χ3n) is 5.55. The Labute approximate surface area is 170 Å². The van der Waals surface area contributed by atoms with E-state index in [1.165, 1.54) is 26.8 Å². The number of rotatable bonds is 6. The second-order valence-corrected chi connectivity index (χ2v) is 7.71. The predicted molar refractivity (Wildman–Crippen MR) is 115 cm³/mol. The molecule has 1 saturated carbocycles. The topological polar surface area (TPSA) is 46.9 Å². The fraction of sp³-hybridized carbons (Fsp3) is 0.304. The lowest BCUT2D eigenvalue weighted by atomic mass is 9.99. The standard InChI is InChI=1S/C23H24ClN3O/c1-3-5-15-6-4-7-18(12-15)16-8-10-17(11-9-16)19-13-20(19)21-14-22(28)27(2)23(25-21)26-24/h4,6-12,14,19-20H,3,5,13H2,1-2H3,(H,25,26)/t19-,20-/m0/s1. The minimum Gasteiger partial charge on any atom is -0.281 e. The summed E-state index contributed by atoms with van der Waals surface area (Å²) in [7, 11) is 1.66. The molecule has 28 heavy (non-hydrogen) atoms. The number of aromatic nitrogens is 2. The Balaban J connectivity index is 1.53. The maximum atomic E-state index is 12.1. The van der Waals surface area contributed by atoms with Gasteiger partial charge in [0.2, 0.25) is 5.95 Å². The minimum atomic E-state index is -0.0962. The second kappa shape index (κ2) is 7.80. The van der Waals surface area contributed by atoms with E-state index in [0.717, 1.165) is 25.0 Å². The van der Waals surface area contributed by atoms with Gasteiger partial charge in [-0.05, 0) is 41.0 Å². The molecule has 4 nitrogen and oxygen atoms in total. The molecule has 1 aromatic heterocycles. The molecule has 0 radical (unpaired) electrons. The highest BCUT2D eigenvalue weighted by Gasteiger charge is 2.41. The fourth-order valence-electron chi connectivity index (χ4n) is 3.84. The first kappa shape index (κ1) is 18.8. The summed E-state index contributed by atoms with van der Waals surface area (Å²) in [6, 6.07) is 19.2. The van der Waals surface area contributed by atoms with Gasteiger partial charge in [-0.1, -0.05) is 61.9 Å². The van der Waals surface area contributed by atoms with E-state index in [1.54, 1.807) is 13.1 Å². The first-order valence-corrected chi connectivity index (χ1v) is 10.1. The summed E-state index contributed by atoms with van der Waals surface area (Å²) in [5, 5.41) is 0. The normalized spacial score (nSPS) is 18.1. The van der Waals surface area contributed by atoms with Crippen molar-refractivity contribution in [1.29, 1.82) is 0 Å². The summed E-state index contributed by atoms with van der Waals surface area (Å²) in [6.45, 7) is 2.21. The molecule has 3 aromatic rings. The van der Waals surface area contributed by atoms with Gasteiger partial charge in [0.1, 0.15) is 0 Å². The van der Waals surface area contributed by atoms with Crippen LogP contribution in [0.25, 0.3) is 11.1 Å². The molecule has 1 heterocycles. The lowest BCUT2D eigenvalue weighted by Crippen LogP contribution is -2.20. The highest BCUT2D eigenvalue weighted by atomic mass is 35.5. The van der Waals surface area contributed by atoms with E-state index < -0.39 is 0 Å². The summed E-state index contributed by atoms with van der Waals surface area (Å²) in [4.78, 5) is 19.1. The van der Waals surface area contributed by atoms with Crippen LogP contribution in [-0.2, 0) is 13.5 Å². The second-order valence-electron chi connectivity index (χ2n) is 7.52. The van der Waals surface area contributed by atoms with Crippen LogP contribution in [0.15, 0.2) is 59.4 Å². The quantitative estimate of drug-likeness (QED) is 0.583. The zero-order valence-corrected chi connectivity index (χ0v) is 16.9. The lowest BCUT2D eigenvalue weighted by molar-refractivity contribution is 0.813. The van der Waals surface area contributed by atoms with Gasteiger partial charge in [0.25, 0.3) is 5.56 Å². The Morgan fingerprint density at radius 1 is 1.11 bits per heavy atom. The molecule has 0 saturated heterocycles. The van der Waals surface area contributed by atoms with Crippen LogP contribution in [0.1, 0.15) is 48.4 Å². The highest BCUT2D eigenvalue weighted by molar-refractivity contribution is 6.23. The summed E-state index contributed by atoms with van der Waals surface area (Å²) in [5.74, 6) is 1.07. The summed E-state index contributed by atoms with van der Waals surface area (Å²) in [5.41, 5.74) is 5.89. The van der Waals surface area contributed by atoms with Crippen molar-refractivity contribution in [1.82, 2.24) is 9.55 Å². The molecule has 4 rings (SSSR count). The molecule has 0 bridgehead atoms. The molecule has 1 aliphatic rings. The van der Waals surface area contributed by atoms with Gasteiger partial charge >= 0.3 is 0 Å². The first-order valence-electron chi connectivity index (χ1n) is 9.74. The zero-order chi connectivity index (χ0) is 19.7. The van der Waals surface area contributed by atoms with Crippen LogP contribution < -0.4 is 10.4 Å². The molecule has 1 fully saturated rings. The van der Waals surface area contributed by atoms with Gasteiger partial charge in [-0.25, -0.2) is 4.98 Å². The zero-order valence-electron chi connectivity index (χ0n) is 16.2. The van der Waals surface area contributed by atoms with Crippen LogP contribution in [0.2, 0.25) is 0 Å². The van der Waals surface area contributed by atoms with E-state index in [-0.39, 0.29) is 11.5 Å². The molecule has 2 aromatic carbocycles. The molecule has 1 N–H and O–H groups in total. The van der Waals surface area contributed by atoms with Crippen molar-refractivity contribution in [2.75, 3.05) is 4.84 Å². The number of hydrogen-bond acceptors (Lipinski definition) is 3. The molecular weight excluding hydrogens is 370 g/mol. The summed E-state index contributed by atoms with van der Waals surface area (Å²) < 4.78 is 1.41. The van der Waals surface area contributed by atoms with E-state index in [9.17, 15) is 4.79 Å². The van der Waals surface area contributed by atoms with E-state index in [0.29, 0.717) is 11.9 Å². The maximum Gasteiger partial charge on any atom is 0.254 e. The van der Waals surface area contributed by atoms with Crippen molar-refractivity contribution in [3.63, 3.8) is 0 Å². The van der Waals surface area contributed by atoms with Crippen molar-refractivity contribution in [3.8, 4) is 11.1 Å². The Morgan fingerprint density at radius 3 is 2.61 bits per heavy atom. The number of anilines is 1. The van der Waals surface area contributed by atoms with Gasteiger partial charge in [-0.3, -0.25) is 14.2 Å². The molecule has 0 spiro atoms. The van der Waals surface area contributed by atoms with Gasteiger partial charge < -0.3 is 0 Å². The van der Waals surface area contributed by atoms with Crippen LogP contribution in [0.4, 0.5) is 5.95 Å². The van der Waals surface area contributed by atoms with Crippen LogP contribution in [0.5, 0.6) is 0 Å². The van der Waals surface area contributed by atoms with Crippen LogP contribution in [-0.4, -0.2) is 9.55 Å². The van der Waals surface area contributed by atoms with Crippen LogP contribution in [0, 0.1) is 0 Å². The number of benzene rings is 2. The molecule has 0 amide bonds. The minimum absolute atomic E-state index is 0.0962. The Hall–Kier alpha value is -2.59. The summed E-state index contributed by atoms with van der Waals surface area (Å²) >= 11 is 5.69. The molecule has 2 atom stereocenters. The van der Waals surface area contributed by atoms with E-state index in [1.807, 2.05) is 0 Å². The molecule has 0 aliphatic heterocycles. The number of aryl methyl sites for hydroxylation is 1. The Morgan fingerprint density at radius 2 is 1.89 bits per heavy atom. The van der Waals surface area contributed by atoms with Gasteiger partial charge in [0, 0.05) is 30.8 Å². The SMILES string of the molecule is CCCc1cccc(-c2ccc([C@@H]3C[C@@H]3c3cc(=O)n(C)c(NCl)n3)cc2)c1. The third kappa shape index (κ3) is 3.69. The van der Waals surface area contributed by atoms with E-state index in [4.69, 9.17) is 11.8 Å². The van der Waals surface area contributed by atoms with Gasteiger partial charge in [0.05, 0.1) is 5.69 Å². The van der Waals surface area contributed by atoms with E-state index >= 15 is 0 Å². The Kier molecular flexibility index (Phi) is 5.23. The average Bonchev–Trinajstić information content (AvgIpc) is 3.51. The van der Waals surface area contributed by atoms with Crippen molar-refractivity contribution >= 4 is 17.7 Å². The highest BCUT2D eigenvalue weighted by Crippen LogP contribution is 2.54. The molecule has 1 aliphatic carbocycles. The number of hydrogen-bond donors (Lipinski definition) is 1. The number of nitrogens with zero attached hydrogens (tertiary/aromatic N) is 2. The monoisotopic (exact) mass is 393 g/mol. The average molecular weight is 394 g/mol. The van der Waals surface area contributed by atoms with E-state index in [2.05, 4.69) is 65.3 Å². The molecular formula is C23H24ClN3O. The van der Waals surface area contributed by atoms with Crippen molar-refractivity contribution in [3.05, 3.63) is 81.8 Å². The molecule has 144 valence electrons. The van der Waals surface area contributed by atoms with Crippen molar-refractivity contribution in [2.24, 2.45) is 7.05 Å². The third-order valence-corrected chi connectivity index (χ3v) is 5.72. The number of nitrogens with one attached hydrogen (secondary N) is 1. The predicted octanol–water partition coefficient (Wildman–Crippen LogP) is 5.24. The van der Waals surface area contributed by atoms with Crippen molar-refractivity contribution in [2.45, 2.75) is 38.0 Å². The largest absolute Gasteiger partial charge is 0.281 e. The molecule has 5 heteroatoms. The first-order chi connectivity index (χ1) is 13.6. The fourth-order valence-corrected chi connectivity index (χ4v) is 4.01. The summed E-state index contributed by atoms with van der Waals surface area (Å²) in [6.07, 6.45) is 3.27. The maximum absolute atomic E-state index is 12.1. The van der Waals surface area contributed by atoms with Crippen LogP contribution >= 0.6 is 11.8 Å². The van der Waals surface area contributed by atoms with Gasteiger partial charge in [-0.2, -0.15) is 0 Å². The van der Waals surface area contributed by atoms with Crippen LogP contribution in [0.3, 0.4) is 0 Å². The van der Waals surface area contributed by atoms with Crippen molar-refractivity contribution < 1.29 is 0 Å². The number of halogens is 1. The lowest BCUT2D eigenvalue weighted by Gasteiger charge is -2.08. The van der Waals surface area contributed by atoms with Gasteiger partial charge in [-0.15, -0.1) is 0 Å². The van der Waals surface area contributed by atoms with Gasteiger partial charge in [0.15, 0.2) is 0 Å². The Bertz CT molecular complexity index is 1040. The smallest absolute Gasteiger partial charge is 0.254 e. The molecule has 0 unspecified atom stereocenters.